The van der Waals surface area contributed by atoms with Crippen LogP contribution in [0.3, 0.4) is 0 Å². The minimum Gasteiger partial charge on any atom is -0.323 e. The SMILES string of the molecule is CC1(C)SS(=O)C(C)(C)C(=O)Nc2ccccc2NC1=O. The van der Waals surface area contributed by atoms with Gasteiger partial charge in [0.25, 0.3) is 0 Å². The molecule has 0 radical (unpaired) electrons. The largest absolute Gasteiger partial charge is 0.323 e. The Hall–Kier alpha value is -1.34. The van der Waals surface area contributed by atoms with Crippen LogP contribution in [0.15, 0.2) is 24.3 Å². The van der Waals surface area contributed by atoms with Gasteiger partial charge in [-0.15, -0.1) is 0 Å². The number of rotatable bonds is 0. The molecule has 1 aliphatic heterocycles. The number of fused-ring (bicyclic) bond motifs is 1. The Kier molecular flexibility index (Phi) is 4.17. The summed E-state index contributed by atoms with van der Waals surface area (Å²) >= 11 is 0. The first-order valence-corrected chi connectivity index (χ1v) is 8.96. The van der Waals surface area contributed by atoms with Crippen molar-refractivity contribution in [2.75, 3.05) is 10.6 Å². The third-order valence-electron chi connectivity index (χ3n) is 3.22. The monoisotopic (exact) mass is 326 g/mol. The number of carbonyl (C=O) groups is 2. The second-order valence-corrected chi connectivity index (χ2v) is 9.88. The molecule has 0 saturated carbocycles. The van der Waals surface area contributed by atoms with E-state index < -0.39 is 19.3 Å². The molecular formula is C14H18N2O3S2. The first kappa shape index (κ1) is 16.0. The Morgan fingerprint density at radius 1 is 0.952 bits per heavy atom. The molecule has 0 aromatic heterocycles. The highest BCUT2D eigenvalue weighted by molar-refractivity contribution is 8.70. The minimum absolute atomic E-state index is 0.250. The molecule has 114 valence electrons. The van der Waals surface area contributed by atoms with Gasteiger partial charge in [0, 0.05) is 0 Å². The number of benzene rings is 1. The average Bonchev–Trinajstić information content (AvgIpc) is 2.39. The van der Waals surface area contributed by atoms with Gasteiger partial charge in [0.05, 0.1) is 21.2 Å². The second-order valence-electron chi connectivity index (χ2n) is 5.79. The Bertz CT molecular complexity index is 626. The van der Waals surface area contributed by atoms with Crippen LogP contribution in [0.5, 0.6) is 0 Å². The molecule has 0 saturated heterocycles. The molecule has 1 unspecified atom stereocenters. The lowest BCUT2D eigenvalue weighted by atomic mass is 10.1. The maximum Gasteiger partial charge on any atom is 0.243 e. The van der Waals surface area contributed by atoms with E-state index in [1.807, 2.05) is 0 Å². The molecule has 21 heavy (non-hydrogen) atoms. The van der Waals surface area contributed by atoms with E-state index in [9.17, 15) is 13.8 Å². The van der Waals surface area contributed by atoms with Crippen molar-refractivity contribution in [1.29, 1.82) is 0 Å². The topological polar surface area (TPSA) is 75.3 Å². The van der Waals surface area contributed by atoms with E-state index in [1.165, 1.54) is 0 Å². The van der Waals surface area contributed by atoms with Crippen molar-refractivity contribution in [2.45, 2.75) is 37.2 Å². The standard InChI is InChI=1S/C14H18N2O3S2/c1-13(2)11(17)15-9-7-5-6-8-10(9)16-12(18)14(3,4)21(19)20-13/h5-8H,1-4H3,(H,15,17)(H,16,18). The molecule has 7 heteroatoms. The van der Waals surface area contributed by atoms with Crippen LogP contribution in [-0.4, -0.2) is 25.5 Å². The summed E-state index contributed by atoms with van der Waals surface area (Å²) < 4.78 is 10.5. The molecule has 1 aromatic carbocycles. The van der Waals surface area contributed by atoms with Crippen molar-refractivity contribution in [3.63, 3.8) is 0 Å². The van der Waals surface area contributed by atoms with Crippen LogP contribution < -0.4 is 10.6 Å². The van der Waals surface area contributed by atoms with Crippen LogP contribution >= 0.6 is 10.8 Å². The Balaban J connectivity index is 2.53. The lowest BCUT2D eigenvalue weighted by Gasteiger charge is -2.30. The number of anilines is 2. The van der Waals surface area contributed by atoms with Crippen LogP contribution in [0.2, 0.25) is 0 Å². The zero-order valence-corrected chi connectivity index (χ0v) is 14.0. The molecule has 1 aromatic rings. The van der Waals surface area contributed by atoms with Crippen molar-refractivity contribution >= 4 is 43.8 Å². The van der Waals surface area contributed by atoms with Gasteiger partial charge in [-0.3, -0.25) is 9.59 Å². The summed E-state index contributed by atoms with van der Waals surface area (Å²) in [5, 5.41) is 5.52. The van der Waals surface area contributed by atoms with Gasteiger partial charge in [0.1, 0.15) is 9.49 Å². The van der Waals surface area contributed by atoms with Gasteiger partial charge in [-0.05, 0) is 50.6 Å². The molecule has 0 spiro atoms. The zero-order chi connectivity index (χ0) is 15.8. The van der Waals surface area contributed by atoms with E-state index in [0.717, 1.165) is 10.8 Å². The first-order valence-electron chi connectivity index (χ1n) is 6.48. The van der Waals surface area contributed by atoms with E-state index >= 15 is 0 Å². The Morgan fingerprint density at radius 2 is 1.43 bits per heavy atom. The van der Waals surface area contributed by atoms with E-state index in [1.54, 1.807) is 52.0 Å². The van der Waals surface area contributed by atoms with E-state index in [2.05, 4.69) is 10.6 Å². The summed E-state index contributed by atoms with van der Waals surface area (Å²) in [7, 11) is -0.558. The minimum atomic E-state index is -1.55. The summed E-state index contributed by atoms with van der Waals surface area (Å²) in [6.07, 6.45) is 0. The lowest BCUT2D eigenvalue weighted by molar-refractivity contribution is -0.118. The molecule has 1 heterocycles. The third-order valence-corrected chi connectivity index (χ3v) is 7.94. The fraction of sp³-hybridized carbons (Fsp3) is 0.429. The number of carbonyl (C=O) groups excluding carboxylic acids is 2. The number of para-hydroxylation sites is 2. The number of hydrogen-bond acceptors (Lipinski definition) is 4. The number of amides is 2. The van der Waals surface area contributed by atoms with Crippen molar-refractivity contribution in [2.24, 2.45) is 0 Å². The molecule has 0 bridgehead atoms. The van der Waals surface area contributed by atoms with Crippen LogP contribution in [0.25, 0.3) is 0 Å². The molecule has 2 rings (SSSR count). The molecule has 2 N–H and O–H groups in total. The van der Waals surface area contributed by atoms with Gasteiger partial charge >= 0.3 is 0 Å². The molecule has 0 fully saturated rings. The molecule has 1 aliphatic rings. The maximum atomic E-state index is 12.5. The normalized spacial score (nSPS) is 24.5. The lowest BCUT2D eigenvalue weighted by Crippen LogP contribution is -2.44. The van der Waals surface area contributed by atoms with Gasteiger partial charge in [0.2, 0.25) is 11.8 Å². The van der Waals surface area contributed by atoms with Crippen LogP contribution in [-0.2, 0) is 19.4 Å². The molecular weight excluding hydrogens is 308 g/mol. The van der Waals surface area contributed by atoms with Crippen molar-refractivity contribution in [3.8, 4) is 0 Å². The number of nitrogens with one attached hydrogen (secondary N) is 2. The van der Waals surface area contributed by atoms with E-state index in [-0.39, 0.29) is 11.8 Å². The Labute approximate surface area is 130 Å². The highest BCUT2D eigenvalue weighted by Gasteiger charge is 2.42. The van der Waals surface area contributed by atoms with Gasteiger partial charge in [-0.2, -0.15) is 0 Å². The summed E-state index contributed by atoms with van der Waals surface area (Å²) in [6, 6.07) is 6.97. The van der Waals surface area contributed by atoms with Crippen LogP contribution in [0, 0.1) is 0 Å². The van der Waals surface area contributed by atoms with Crippen molar-refractivity contribution < 1.29 is 13.8 Å². The van der Waals surface area contributed by atoms with Crippen molar-refractivity contribution in [1.82, 2.24) is 0 Å². The predicted molar refractivity (Wildman–Crippen MR) is 87.6 cm³/mol. The summed E-state index contributed by atoms with van der Waals surface area (Å²) in [6.45, 7) is 6.62. The summed E-state index contributed by atoms with van der Waals surface area (Å²) in [4.78, 5) is 24.8. The zero-order valence-electron chi connectivity index (χ0n) is 12.4. The third kappa shape index (κ3) is 3.13. The molecule has 1 atom stereocenters. The van der Waals surface area contributed by atoms with Crippen molar-refractivity contribution in [3.05, 3.63) is 24.3 Å². The molecule has 5 nitrogen and oxygen atoms in total. The summed E-state index contributed by atoms with van der Waals surface area (Å²) in [5.74, 6) is -0.590. The quantitative estimate of drug-likeness (QED) is 0.718. The van der Waals surface area contributed by atoms with Gasteiger partial charge in [-0.1, -0.05) is 12.1 Å². The maximum absolute atomic E-state index is 12.5. The van der Waals surface area contributed by atoms with Gasteiger partial charge in [-0.25, -0.2) is 4.21 Å². The van der Waals surface area contributed by atoms with Crippen LogP contribution in [0.1, 0.15) is 27.7 Å². The Morgan fingerprint density at radius 3 is 1.95 bits per heavy atom. The average molecular weight is 326 g/mol. The van der Waals surface area contributed by atoms with E-state index in [4.69, 9.17) is 0 Å². The summed E-state index contributed by atoms with van der Waals surface area (Å²) in [5.41, 5.74) is 1.04. The van der Waals surface area contributed by atoms with E-state index in [0.29, 0.717) is 11.4 Å². The van der Waals surface area contributed by atoms with Crippen LogP contribution in [0.4, 0.5) is 11.4 Å². The fourth-order valence-electron chi connectivity index (χ4n) is 1.65. The first-order chi connectivity index (χ1) is 9.64. The predicted octanol–water partition coefficient (Wildman–Crippen LogP) is 2.53. The highest BCUT2D eigenvalue weighted by Crippen LogP contribution is 2.37. The highest BCUT2D eigenvalue weighted by atomic mass is 33.1. The second kappa shape index (κ2) is 5.46. The number of hydrogen-bond donors (Lipinski definition) is 2. The fourth-order valence-corrected chi connectivity index (χ4v) is 4.78. The molecule has 0 aliphatic carbocycles. The van der Waals surface area contributed by atoms with Gasteiger partial charge < -0.3 is 10.6 Å². The molecule has 2 amide bonds. The smallest absolute Gasteiger partial charge is 0.243 e. The van der Waals surface area contributed by atoms with Gasteiger partial charge in [0.15, 0.2) is 0 Å².